The lowest BCUT2D eigenvalue weighted by Crippen LogP contribution is -2.37. The van der Waals surface area contributed by atoms with Crippen LogP contribution in [-0.4, -0.2) is 70.0 Å². The van der Waals surface area contributed by atoms with Gasteiger partial charge in [0.15, 0.2) is 6.10 Å². The number of likely N-dealkylation sites (N-methyl/N-ethyl adjacent to an activating group) is 1. The van der Waals surface area contributed by atoms with Gasteiger partial charge >= 0.3 is 11.9 Å². The highest BCUT2D eigenvalue weighted by molar-refractivity contribution is 7.45. The number of ether oxygens (including phenoxy) is 2. The number of carbonyl (C=O) groups excluding carboxylic acids is 2. The van der Waals surface area contributed by atoms with Crippen LogP contribution in [0.4, 0.5) is 0 Å². The van der Waals surface area contributed by atoms with Crippen molar-refractivity contribution in [3.63, 3.8) is 0 Å². The van der Waals surface area contributed by atoms with E-state index in [1.165, 1.54) is 51.4 Å². The van der Waals surface area contributed by atoms with Crippen molar-refractivity contribution in [1.82, 2.24) is 0 Å². The second kappa shape index (κ2) is 37.3. The van der Waals surface area contributed by atoms with Crippen LogP contribution in [0.3, 0.4) is 0 Å². The quantitative estimate of drug-likeness (QED) is 0.0200. The van der Waals surface area contributed by atoms with Gasteiger partial charge in [0.1, 0.15) is 19.8 Å². The number of rotatable bonds is 38. The van der Waals surface area contributed by atoms with E-state index in [0.29, 0.717) is 23.9 Å². The van der Waals surface area contributed by atoms with Crippen LogP contribution in [0.5, 0.6) is 0 Å². The maximum Gasteiger partial charge on any atom is 0.306 e. The predicted octanol–water partition coefficient (Wildman–Crippen LogP) is 11.4. The molecule has 0 fully saturated rings. The number of hydrogen-bond donors (Lipinski definition) is 0. The van der Waals surface area contributed by atoms with E-state index in [0.717, 1.165) is 70.6 Å². The number of unbranched alkanes of at least 4 members (excludes halogenated alkanes) is 14. The predicted molar refractivity (Wildman–Crippen MR) is 226 cm³/mol. The molecule has 0 aromatic rings. The molecule has 0 saturated heterocycles. The number of allylic oxidation sites excluding steroid dienone is 10. The molecule has 0 aliphatic rings. The Hall–Kier alpha value is -2.29. The monoisotopic (exact) mass is 794 g/mol. The maximum absolute atomic E-state index is 12.6. The van der Waals surface area contributed by atoms with Gasteiger partial charge in [-0.25, -0.2) is 0 Å². The molecule has 318 valence electrons. The summed E-state index contributed by atoms with van der Waals surface area (Å²) in [5, 5.41) is 0. The largest absolute Gasteiger partial charge is 0.756 e. The molecule has 0 saturated carbocycles. The van der Waals surface area contributed by atoms with Crippen LogP contribution in [0.15, 0.2) is 60.8 Å². The Morgan fingerprint density at radius 2 is 1.04 bits per heavy atom. The SMILES string of the molecule is CC/C=C/C/C=C/C/C=C/C/C=C/C/C=C/CCCCCC(=O)OC[C@@H](COP(=O)([O-])OCC[N+](C)(C)C)OC(=O)CCCCCCCCCCCCCC. The van der Waals surface area contributed by atoms with E-state index in [-0.39, 0.29) is 26.1 Å². The molecule has 0 N–H and O–H groups in total. The summed E-state index contributed by atoms with van der Waals surface area (Å²) in [5.41, 5.74) is 0. The number of carbonyl (C=O) groups is 2. The summed E-state index contributed by atoms with van der Waals surface area (Å²) in [6, 6.07) is 0. The summed E-state index contributed by atoms with van der Waals surface area (Å²) < 4.78 is 33.8. The highest BCUT2D eigenvalue weighted by atomic mass is 31.2. The normalized spacial score (nSPS) is 14.2. The molecule has 0 bridgehead atoms. The molecular formula is C45H80NO8P. The number of phosphoric ester groups is 1. The van der Waals surface area contributed by atoms with E-state index >= 15 is 0 Å². The van der Waals surface area contributed by atoms with Crippen LogP contribution < -0.4 is 4.89 Å². The highest BCUT2D eigenvalue weighted by Crippen LogP contribution is 2.38. The van der Waals surface area contributed by atoms with E-state index in [2.05, 4.69) is 74.6 Å². The number of hydrogen-bond acceptors (Lipinski definition) is 8. The Morgan fingerprint density at radius 3 is 1.55 bits per heavy atom. The molecule has 55 heavy (non-hydrogen) atoms. The molecule has 1 unspecified atom stereocenters. The lowest BCUT2D eigenvalue weighted by Gasteiger charge is -2.28. The second-order valence-electron chi connectivity index (χ2n) is 15.3. The van der Waals surface area contributed by atoms with Crippen molar-refractivity contribution in [2.45, 2.75) is 168 Å². The average molecular weight is 794 g/mol. The van der Waals surface area contributed by atoms with Gasteiger partial charge in [-0.1, -0.05) is 152 Å². The number of nitrogens with zero attached hydrogens (tertiary/aromatic N) is 1. The van der Waals surface area contributed by atoms with Gasteiger partial charge in [-0.15, -0.1) is 0 Å². The second-order valence-corrected chi connectivity index (χ2v) is 16.7. The van der Waals surface area contributed by atoms with E-state index in [9.17, 15) is 19.0 Å². The van der Waals surface area contributed by atoms with Crippen molar-refractivity contribution < 1.29 is 42.1 Å². The molecule has 0 heterocycles. The van der Waals surface area contributed by atoms with Gasteiger partial charge in [0.05, 0.1) is 27.7 Å². The summed E-state index contributed by atoms with van der Waals surface area (Å²) in [6.45, 7) is 4.06. The van der Waals surface area contributed by atoms with Crippen molar-refractivity contribution >= 4 is 19.8 Å². The zero-order valence-electron chi connectivity index (χ0n) is 35.6. The molecule has 0 spiro atoms. The Labute approximate surface area is 336 Å². The number of quaternary nitrogens is 1. The van der Waals surface area contributed by atoms with Crippen molar-refractivity contribution in [2.75, 3.05) is 47.5 Å². The minimum atomic E-state index is -4.63. The van der Waals surface area contributed by atoms with E-state index in [1.54, 1.807) is 0 Å². The Balaban J connectivity index is 4.42. The average Bonchev–Trinajstić information content (AvgIpc) is 3.13. The molecule has 0 radical (unpaired) electrons. The Morgan fingerprint density at radius 1 is 0.582 bits per heavy atom. The molecule has 0 aliphatic carbocycles. The number of esters is 2. The third-order valence-corrected chi connectivity index (χ3v) is 9.77. The fourth-order valence-corrected chi connectivity index (χ4v) is 6.17. The van der Waals surface area contributed by atoms with Crippen LogP contribution >= 0.6 is 7.82 Å². The molecule has 0 amide bonds. The summed E-state index contributed by atoms with van der Waals surface area (Å²) in [5.74, 6) is -0.875. The smallest absolute Gasteiger partial charge is 0.306 e. The first-order valence-electron chi connectivity index (χ1n) is 21.5. The first-order chi connectivity index (χ1) is 26.5. The third kappa shape index (κ3) is 41.2. The molecular weight excluding hydrogens is 713 g/mol. The molecule has 9 nitrogen and oxygen atoms in total. The van der Waals surface area contributed by atoms with Gasteiger partial charge in [0.25, 0.3) is 7.82 Å². The summed E-state index contributed by atoms with van der Waals surface area (Å²) in [6.07, 6.45) is 43.9. The van der Waals surface area contributed by atoms with Crippen LogP contribution in [-0.2, 0) is 32.7 Å². The van der Waals surface area contributed by atoms with Gasteiger partial charge in [0, 0.05) is 12.8 Å². The van der Waals surface area contributed by atoms with Gasteiger partial charge in [-0.05, 0) is 57.8 Å². The van der Waals surface area contributed by atoms with Crippen molar-refractivity contribution in [3.05, 3.63) is 60.8 Å². The lowest BCUT2D eigenvalue weighted by molar-refractivity contribution is -0.870. The minimum Gasteiger partial charge on any atom is -0.756 e. The van der Waals surface area contributed by atoms with E-state index in [4.69, 9.17) is 18.5 Å². The standard InChI is InChI=1S/C45H80NO8P/c1-6-8-10-12-14-16-18-20-21-22-23-24-25-26-28-29-31-33-35-37-44(47)51-41-43(42-53-55(49,50)52-40-39-46(3,4)5)54-45(48)38-36-34-32-30-27-19-17-15-13-11-9-7-2/h8,10,14,16,20-21,23-24,26,28,43H,6-7,9,11-13,15,17-19,22,25,27,29-42H2,1-5H3/b10-8+,16-14+,21-20+,24-23+,28-26+/t43-/m0/s1. The van der Waals surface area contributed by atoms with Crippen molar-refractivity contribution in [1.29, 1.82) is 0 Å². The van der Waals surface area contributed by atoms with Crippen LogP contribution in [0.25, 0.3) is 0 Å². The van der Waals surface area contributed by atoms with Gasteiger partial charge < -0.3 is 27.9 Å². The van der Waals surface area contributed by atoms with Crippen molar-refractivity contribution in [2.24, 2.45) is 0 Å². The van der Waals surface area contributed by atoms with Gasteiger partial charge in [-0.3, -0.25) is 14.2 Å². The molecule has 2 atom stereocenters. The van der Waals surface area contributed by atoms with Crippen LogP contribution in [0.1, 0.15) is 162 Å². The zero-order valence-corrected chi connectivity index (χ0v) is 36.5. The van der Waals surface area contributed by atoms with Gasteiger partial charge in [-0.2, -0.15) is 0 Å². The molecule has 10 heteroatoms. The molecule has 0 rings (SSSR count). The fourth-order valence-electron chi connectivity index (χ4n) is 5.44. The van der Waals surface area contributed by atoms with E-state index < -0.39 is 32.5 Å². The molecule has 0 aliphatic heterocycles. The van der Waals surface area contributed by atoms with Crippen LogP contribution in [0, 0.1) is 0 Å². The fraction of sp³-hybridized carbons (Fsp3) is 0.733. The van der Waals surface area contributed by atoms with Crippen LogP contribution in [0.2, 0.25) is 0 Å². The summed E-state index contributed by atoms with van der Waals surface area (Å²) >= 11 is 0. The molecule has 0 aromatic carbocycles. The summed E-state index contributed by atoms with van der Waals surface area (Å²) in [4.78, 5) is 37.5. The molecule has 0 aromatic heterocycles. The first kappa shape index (κ1) is 52.7. The zero-order chi connectivity index (χ0) is 40.7. The third-order valence-electron chi connectivity index (χ3n) is 8.80. The first-order valence-corrected chi connectivity index (χ1v) is 23.0. The number of phosphoric acid groups is 1. The Bertz CT molecular complexity index is 1120. The lowest BCUT2D eigenvalue weighted by atomic mass is 10.0. The Kier molecular flexibility index (Phi) is 35.7. The summed E-state index contributed by atoms with van der Waals surface area (Å²) in [7, 11) is 1.14. The maximum atomic E-state index is 12.6. The topological polar surface area (TPSA) is 111 Å². The highest BCUT2D eigenvalue weighted by Gasteiger charge is 2.21. The van der Waals surface area contributed by atoms with E-state index in [1.807, 2.05) is 21.1 Å². The minimum absolute atomic E-state index is 0.0379. The van der Waals surface area contributed by atoms with Gasteiger partial charge in [0.2, 0.25) is 0 Å². The van der Waals surface area contributed by atoms with Crippen molar-refractivity contribution in [3.8, 4) is 0 Å².